The molecule has 1 aliphatic carbocycles. The number of carboxylic acids is 1. The molecule has 1 aliphatic rings. The highest BCUT2D eigenvalue weighted by Crippen LogP contribution is 2.62. The Morgan fingerprint density at radius 1 is 1.39 bits per heavy atom. The molecule has 1 unspecified atom stereocenters. The zero-order valence-electron chi connectivity index (χ0n) is 12.1. The third kappa shape index (κ3) is 3.03. The van der Waals surface area contributed by atoms with Crippen LogP contribution in [0.2, 0.25) is 0 Å². The van der Waals surface area contributed by atoms with Gasteiger partial charge in [-0.1, -0.05) is 39.8 Å². The number of hydrogen-bond acceptors (Lipinski definition) is 3. The van der Waals surface area contributed by atoms with E-state index in [0.717, 1.165) is 12.8 Å². The number of aliphatic carboxylic acids is 1. The van der Waals surface area contributed by atoms with Crippen molar-refractivity contribution in [1.29, 1.82) is 0 Å². The molecule has 18 heavy (non-hydrogen) atoms. The summed E-state index contributed by atoms with van der Waals surface area (Å²) in [6, 6.07) is 0. The Morgan fingerprint density at radius 2 is 1.94 bits per heavy atom. The van der Waals surface area contributed by atoms with Crippen molar-refractivity contribution >= 4 is 12.2 Å². The molecular formula is C14H25NO3. The predicted molar refractivity (Wildman–Crippen MR) is 71.5 cm³/mol. The van der Waals surface area contributed by atoms with Crippen molar-refractivity contribution in [2.75, 3.05) is 6.61 Å². The highest BCUT2D eigenvalue weighted by molar-refractivity contribution is 5.84. The van der Waals surface area contributed by atoms with Gasteiger partial charge in [-0.15, -0.1) is 0 Å². The fourth-order valence-corrected chi connectivity index (χ4v) is 2.66. The van der Waals surface area contributed by atoms with E-state index in [1.54, 1.807) is 6.21 Å². The van der Waals surface area contributed by atoms with Crippen molar-refractivity contribution in [1.82, 2.24) is 0 Å². The Hall–Kier alpha value is -1.06. The Morgan fingerprint density at radius 3 is 2.28 bits per heavy atom. The zero-order valence-corrected chi connectivity index (χ0v) is 12.1. The molecule has 0 aromatic carbocycles. The number of rotatable bonds is 6. The standard InChI is InChI=1S/C14H25NO3/c1-6-14(7-2)10(11(14)12(16)17)8-15-18-9-13(3,4)5/h8,10-11H,6-7,9H2,1-5H3,(H,16,17)/t10?,11-/m0/s1. The topological polar surface area (TPSA) is 58.9 Å². The SMILES string of the molecule is CCC1(CC)C(C=NOCC(C)(C)C)[C@H]1C(=O)O. The van der Waals surface area contributed by atoms with Gasteiger partial charge in [0.25, 0.3) is 0 Å². The third-order valence-electron chi connectivity index (χ3n) is 3.91. The van der Waals surface area contributed by atoms with Crippen LogP contribution in [0.1, 0.15) is 47.5 Å². The molecule has 104 valence electrons. The molecule has 0 amide bonds. The first-order valence-electron chi connectivity index (χ1n) is 6.66. The fourth-order valence-electron chi connectivity index (χ4n) is 2.66. The van der Waals surface area contributed by atoms with Crippen LogP contribution in [0.5, 0.6) is 0 Å². The van der Waals surface area contributed by atoms with Gasteiger partial charge >= 0.3 is 5.97 Å². The molecule has 0 saturated heterocycles. The lowest BCUT2D eigenvalue weighted by atomic mass is 9.95. The summed E-state index contributed by atoms with van der Waals surface area (Å²) in [7, 11) is 0. The summed E-state index contributed by atoms with van der Waals surface area (Å²) in [4.78, 5) is 16.4. The summed E-state index contributed by atoms with van der Waals surface area (Å²) in [6.45, 7) is 10.8. The molecule has 1 saturated carbocycles. The average Bonchev–Trinajstić information content (AvgIpc) is 2.92. The van der Waals surface area contributed by atoms with E-state index in [0.29, 0.717) is 6.61 Å². The van der Waals surface area contributed by atoms with Gasteiger partial charge in [0, 0.05) is 12.1 Å². The molecule has 0 bridgehead atoms. The van der Waals surface area contributed by atoms with E-state index in [1.807, 2.05) is 13.8 Å². The maximum absolute atomic E-state index is 11.2. The number of hydrogen-bond donors (Lipinski definition) is 1. The predicted octanol–water partition coefficient (Wildman–Crippen LogP) is 3.17. The average molecular weight is 255 g/mol. The molecule has 0 aromatic heterocycles. The molecule has 0 aliphatic heterocycles. The minimum absolute atomic E-state index is 0.0185. The van der Waals surface area contributed by atoms with Gasteiger partial charge in [-0.05, 0) is 23.7 Å². The summed E-state index contributed by atoms with van der Waals surface area (Å²) in [5.74, 6) is -0.995. The second-order valence-corrected chi connectivity index (χ2v) is 6.37. The van der Waals surface area contributed by atoms with Crippen molar-refractivity contribution in [2.24, 2.45) is 27.8 Å². The molecule has 0 spiro atoms. The molecule has 0 heterocycles. The molecular weight excluding hydrogens is 230 g/mol. The molecule has 1 rings (SSSR count). The van der Waals surface area contributed by atoms with Crippen molar-refractivity contribution < 1.29 is 14.7 Å². The van der Waals surface area contributed by atoms with Gasteiger partial charge in [-0.2, -0.15) is 0 Å². The minimum Gasteiger partial charge on any atom is -0.481 e. The molecule has 2 atom stereocenters. The minimum atomic E-state index is -0.717. The van der Waals surface area contributed by atoms with E-state index < -0.39 is 5.97 Å². The second-order valence-electron chi connectivity index (χ2n) is 6.37. The van der Waals surface area contributed by atoms with Crippen LogP contribution in [0, 0.1) is 22.7 Å². The summed E-state index contributed by atoms with van der Waals surface area (Å²) in [5.41, 5.74) is -0.0416. The summed E-state index contributed by atoms with van der Waals surface area (Å²) >= 11 is 0. The van der Waals surface area contributed by atoms with E-state index in [-0.39, 0.29) is 22.7 Å². The van der Waals surface area contributed by atoms with Crippen LogP contribution in [0.4, 0.5) is 0 Å². The molecule has 0 aromatic rings. The molecule has 0 radical (unpaired) electrons. The van der Waals surface area contributed by atoms with E-state index in [9.17, 15) is 9.90 Å². The number of nitrogens with zero attached hydrogens (tertiary/aromatic N) is 1. The van der Waals surface area contributed by atoms with E-state index >= 15 is 0 Å². The lowest BCUT2D eigenvalue weighted by Crippen LogP contribution is -2.12. The Bertz CT molecular complexity index is 326. The van der Waals surface area contributed by atoms with Gasteiger partial charge in [0.1, 0.15) is 6.61 Å². The van der Waals surface area contributed by atoms with Crippen molar-refractivity contribution in [3.8, 4) is 0 Å². The lowest BCUT2D eigenvalue weighted by molar-refractivity contribution is -0.139. The monoisotopic (exact) mass is 255 g/mol. The molecule has 4 heteroatoms. The van der Waals surface area contributed by atoms with Gasteiger partial charge in [0.2, 0.25) is 0 Å². The molecule has 1 N–H and O–H groups in total. The van der Waals surface area contributed by atoms with Crippen LogP contribution >= 0.6 is 0 Å². The van der Waals surface area contributed by atoms with Crippen molar-refractivity contribution in [3.63, 3.8) is 0 Å². The van der Waals surface area contributed by atoms with Crippen LogP contribution in [0.25, 0.3) is 0 Å². The highest BCUT2D eigenvalue weighted by Gasteiger charge is 2.65. The quantitative estimate of drug-likeness (QED) is 0.586. The molecule has 1 fully saturated rings. The summed E-state index contributed by atoms with van der Waals surface area (Å²) in [6.07, 6.45) is 3.43. The maximum atomic E-state index is 11.2. The third-order valence-corrected chi connectivity index (χ3v) is 3.91. The number of oxime groups is 1. The number of carbonyl (C=O) groups is 1. The first-order chi connectivity index (χ1) is 8.28. The van der Waals surface area contributed by atoms with Crippen molar-refractivity contribution in [3.05, 3.63) is 0 Å². The van der Waals surface area contributed by atoms with Crippen molar-refractivity contribution in [2.45, 2.75) is 47.5 Å². The fraction of sp³-hybridized carbons (Fsp3) is 0.857. The van der Waals surface area contributed by atoms with Crippen LogP contribution < -0.4 is 0 Å². The second kappa shape index (κ2) is 5.29. The normalized spacial score (nSPS) is 26.3. The van der Waals surface area contributed by atoms with Crippen LogP contribution in [-0.4, -0.2) is 23.9 Å². The van der Waals surface area contributed by atoms with E-state index in [2.05, 4.69) is 25.9 Å². The van der Waals surface area contributed by atoms with Gasteiger partial charge in [0.05, 0.1) is 5.92 Å². The van der Waals surface area contributed by atoms with E-state index in [4.69, 9.17) is 4.84 Å². The van der Waals surface area contributed by atoms with Crippen LogP contribution in [-0.2, 0) is 9.63 Å². The van der Waals surface area contributed by atoms with Gasteiger partial charge in [-0.3, -0.25) is 4.79 Å². The highest BCUT2D eigenvalue weighted by atomic mass is 16.6. The van der Waals surface area contributed by atoms with Gasteiger partial charge in [-0.25, -0.2) is 0 Å². The summed E-state index contributed by atoms with van der Waals surface area (Å²) in [5, 5.41) is 13.2. The van der Waals surface area contributed by atoms with Crippen LogP contribution in [0.15, 0.2) is 5.16 Å². The maximum Gasteiger partial charge on any atom is 0.307 e. The first-order valence-corrected chi connectivity index (χ1v) is 6.66. The largest absolute Gasteiger partial charge is 0.481 e. The first kappa shape index (κ1) is 15.0. The van der Waals surface area contributed by atoms with Gasteiger partial charge in [0.15, 0.2) is 0 Å². The van der Waals surface area contributed by atoms with E-state index in [1.165, 1.54) is 0 Å². The smallest absolute Gasteiger partial charge is 0.307 e. The Balaban J connectivity index is 2.57. The lowest BCUT2D eigenvalue weighted by Gasteiger charge is -2.15. The number of carboxylic acid groups (broad SMARTS) is 1. The zero-order chi connectivity index (χ0) is 14.0. The Labute approximate surface area is 109 Å². The molecule has 4 nitrogen and oxygen atoms in total. The van der Waals surface area contributed by atoms with Crippen LogP contribution in [0.3, 0.4) is 0 Å². The summed E-state index contributed by atoms with van der Waals surface area (Å²) < 4.78 is 0. The van der Waals surface area contributed by atoms with Gasteiger partial charge < -0.3 is 9.94 Å². The Kier molecular flexibility index (Phi) is 4.41.